The molecule has 2 aliphatic rings. The number of nitrogens with zero attached hydrogens (tertiary/aromatic N) is 2. The van der Waals surface area contributed by atoms with Crippen molar-refractivity contribution in [3.63, 3.8) is 0 Å². The third kappa shape index (κ3) is 2.73. The fraction of sp³-hybridized carbons (Fsp3) is 0.333. The second kappa shape index (κ2) is 6.83. The van der Waals surface area contributed by atoms with Gasteiger partial charge in [-0.15, -0.1) is 0 Å². The number of fused-ring (bicyclic) bond motifs is 2. The number of carbonyl (C=O) groups is 2. The maximum absolute atomic E-state index is 13.6. The number of ether oxygens (including phenoxy) is 1. The van der Waals surface area contributed by atoms with Crippen LogP contribution in [-0.2, 0) is 22.4 Å². The first-order valence-corrected chi connectivity index (χ1v) is 9.02. The van der Waals surface area contributed by atoms with E-state index in [2.05, 4.69) is 6.07 Å². The average molecular weight is 350 g/mol. The molecular formula is C21H22N2O3. The fourth-order valence-electron chi connectivity index (χ4n) is 4.06. The summed E-state index contributed by atoms with van der Waals surface area (Å²) in [4.78, 5) is 29.3. The molecule has 0 unspecified atom stereocenters. The number of methoxy groups -OCH3 is 1. The number of carbonyl (C=O) groups excluding carboxylic acids is 2. The Bertz CT molecular complexity index is 849. The zero-order valence-corrected chi connectivity index (χ0v) is 14.9. The van der Waals surface area contributed by atoms with Crippen molar-refractivity contribution in [1.29, 1.82) is 0 Å². The number of aryl methyl sites for hydroxylation is 1. The van der Waals surface area contributed by atoms with Crippen LogP contribution >= 0.6 is 0 Å². The molecule has 2 heterocycles. The highest BCUT2D eigenvalue weighted by Gasteiger charge is 2.39. The Labute approximate surface area is 153 Å². The molecule has 2 amide bonds. The summed E-state index contributed by atoms with van der Waals surface area (Å²) in [7, 11) is 1.36. The topological polar surface area (TPSA) is 49.9 Å². The molecule has 5 heteroatoms. The lowest BCUT2D eigenvalue weighted by atomic mass is 9.91. The van der Waals surface area contributed by atoms with Gasteiger partial charge in [-0.05, 0) is 42.0 Å². The zero-order chi connectivity index (χ0) is 18.1. The molecule has 1 atom stereocenters. The van der Waals surface area contributed by atoms with E-state index in [-0.39, 0.29) is 5.91 Å². The van der Waals surface area contributed by atoms with Gasteiger partial charge in [0.1, 0.15) is 6.04 Å². The van der Waals surface area contributed by atoms with Crippen LogP contribution in [0.4, 0.5) is 10.5 Å². The summed E-state index contributed by atoms with van der Waals surface area (Å²) >= 11 is 0. The molecule has 4 rings (SSSR count). The standard InChI is InChI=1S/C21H22N2O3/c1-26-21(25)23-14-12-15-7-2-4-10-17(15)19(23)20(24)22-13-6-9-16-8-3-5-11-18(16)22/h2-5,7-8,10-11,19H,6,9,12-14H2,1H3/t19-/m0/s1. The zero-order valence-electron chi connectivity index (χ0n) is 14.9. The molecule has 5 nitrogen and oxygen atoms in total. The lowest BCUT2D eigenvalue weighted by molar-refractivity contribution is -0.124. The number of hydrogen-bond acceptors (Lipinski definition) is 3. The monoisotopic (exact) mass is 350 g/mol. The van der Waals surface area contributed by atoms with Crippen LogP contribution in [0.2, 0.25) is 0 Å². The Hall–Kier alpha value is -2.82. The van der Waals surface area contributed by atoms with E-state index in [9.17, 15) is 9.59 Å². The van der Waals surface area contributed by atoms with Gasteiger partial charge in [-0.1, -0.05) is 42.5 Å². The number of hydrogen-bond donors (Lipinski definition) is 0. The summed E-state index contributed by atoms with van der Waals surface area (Å²) < 4.78 is 4.96. The highest BCUT2D eigenvalue weighted by atomic mass is 16.5. The van der Waals surface area contributed by atoms with E-state index >= 15 is 0 Å². The molecule has 2 aromatic carbocycles. The van der Waals surface area contributed by atoms with E-state index in [1.165, 1.54) is 12.7 Å². The lowest BCUT2D eigenvalue weighted by Gasteiger charge is -2.39. The number of amides is 2. The van der Waals surface area contributed by atoms with Crippen LogP contribution in [0.1, 0.15) is 29.2 Å². The summed E-state index contributed by atoms with van der Waals surface area (Å²) in [5.74, 6) is -0.0605. The molecule has 0 radical (unpaired) electrons. The van der Waals surface area contributed by atoms with Crippen molar-refractivity contribution in [3.8, 4) is 0 Å². The van der Waals surface area contributed by atoms with E-state index in [1.807, 2.05) is 47.4 Å². The third-order valence-electron chi connectivity index (χ3n) is 5.30. The van der Waals surface area contributed by atoms with Crippen molar-refractivity contribution in [3.05, 3.63) is 65.2 Å². The lowest BCUT2D eigenvalue weighted by Crippen LogP contribution is -2.49. The Morgan fingerprint density at radius 1 is 0.962 bits per heavy atom. The summed E-state index contributed by atoms with van der Waals surface area (Å²) in [6.07, 6.45) is 2.17. The van der Waals surface area contributed by atoms with E-state index in [1.54, 1.807) is 4.90 Å². The van der Waals surface area contributed by atoms with Gasteiger partial charge in [0.15, 0.2) is 0 Å². The van der Waals surface area contributed by atoms with Crippen LogP contribution < -0.4 is 4.90 Å². The molecule has 0 bridgehead atoms. The van der Waals surface area contributed by atoms with Gasteiger partial charge in [-0.3, -0.25) is 9.69 Å². The third-order valence-corrected chi connectivity index (χ3v) is 5.30. The first-order valence-electron chi connectivity index (χ1n) is 9.02. The van der Waals surface area contributed by atoms with Crippen LogP contribution in [0.15, 0.2) is 48.5 Å². The average Bonchev–Trinajstić information content (AvgIpc) is 2.71. The number of benzene rings is 2. The van der Waals surface area contributed by atoms with E-state index < -0.39 is 12.1 Å². The fourth-order valence-corrected chi connectivity index (χ4v) is 4.06. The first kappa shape index (κ1) is 16.6. The smallest absolute Gasteiger partial charge is 0.410 e. The van der Waals surface area contributed by atoms with Gasteiger partial charge in [-0.25, -0.2) is 4.79 Å². The van der Waals surface area contributed by atoms with E-state index in [0.29, 0.717) is 13.1 Å². The van der Waals surface area contributed by atoms with Gasteiger partial charge < -0.3 is 9.64 Å². The van der Waals surface area contributed by atoms with E-state index in [0.717, 1.165) is 36.1 Å². The predicted molar refractivity (Wildman–Crippen MR) is 99.1 cm³/mol. The Morgan fingerprint density at radius 2 is 1.69 bits per heavy atom. The Morgan fingerprint density at radius 3 is 2.50 bits per heavy atom. The molecule has 26 heavy (non-hydrogen) atoms. The summed E-state index contributed by atoms with van der Waals surface area (Å²) in [5, 5.41) is 0. The van der Waals surface area contributed by atoms with Crippen molar-refractivity contribution in [2.45, 2.75) is 25.3 Å². The molecule has 0 fully saturated rings. The molecule has 0 saturated heterocycles. The van der Waals surface area contributed by atoms with Gasteiger partial charge in [0.25, 0.3) is 5.91 Å². The second-order valence-corrected chi connectivity index (χ2v) is 6.74. The van der Waals surface area contributed by atoms with Gasteiger partial charge in [-0.2, -0.15) is 0 Å². The van der Waals surface area contributed by atoms with Crippen molar-refractivity contribution in [1.82, 2.24) is 4.90 Å². The highest BCUT2D eigenvalue weighted by Crippen LogP contribution is 2.35. The minimum Gasteiger partial charge on any atom is -0.453 e. The van der Waals surface area contributed by atoms with Crippen LogP contribution in [0.5, 0.6) is 0 Å². The minimum absolute atomic E-state index is 0.0605. The van der Waals surface area contributed by atoms with Gasteiger partial charge in [0.05, 0.1) is 7.11 Å². The molecule has 2 aliphatic heterocycles. The molecule has 134 valence electrons. The minimum atomic E-state index is -0.640. The van der Waals surface area contributed by atoms with Crippen molar-refractivity contribution in [2.75, 3.05) is 25.1 Å². The quantitative estimate of drug-likeness (QED) is 0.793. The number of rotatable bonds is 1. The van der Waals surface area contributed by atoms with E-state index in [4.69, 9.17) is 4.74 Å². The Balaban J connectivity index is 1.76. The predicted octanol–water partition coefficient (Wildman–Crippen LogP) is 3.33. The van der Waals surface area contributed by atoms with Gasteiger partial charge >= 0.3 is 6.09 Å². The van der Waals surface area contributed by atoms with Crippen LogP contribution in [0.3, 0.4) is 0 Å². The van der Waals surface area contributed by atoms with Gasteiger partial charge in [0, 0.05) is 18.8 Å². The van der Waals surface area contributed by atoms with Crippen molar-refractivity contribution in [2.24, 2.45) is 0 Å². The molecular weight excluding hydrogens is 328 g/mol. The van der Waals surface area contributed by atoms with Crippen LogP contribution in [0, 0.1) is 0 Å². The molecule has 0 spiro atoms. The largest absolute Gasteiger partial charge is 0.453 e. The maximum Gasteiger partial charge on any atom is 0.410 e. The molecule has 0 saturated carbocycles. The number of para-hydroxylation sites is 1. The SMILES string of the molecule is COC(=O)N1CCc2ccccc2[C@H]1C(=O)N1CCCc2ccccc21. The summed E-state index contributed by atoms with van der Waals surface area (Å²) in [6, 6.07) is 15.3. The van der Waals surface area contributed by atoms with Crippen molar-refractivity contribution >= 4 is 17.7 Å². The highest BCUT2D eigenvalue weighted by molar-refractivity contribution is 6.00. The molecule has 0 N–H and O–H groups in total. The molecule has 2 aromatic rings. The number of anilines is 1. The van der Waals surface area contributed by atoms with Crippen molar-refractivity contribution < 1.29 is 14.3 Å². The summed E-state index contributed by atoms with van der Waals surface area (Å²) in [5.41, 5.74) is 4.16. The first-order chi connectivity index (χ1) is 12.7. The Kier molecular flexibility index (Phi) is 4.37. The normalized spacial score (nSPS) is 18.7. The second-order valence-electron chi connectivity index (χ2n) is 6.74. The summed E-state index contributed by atoms with van der Waals surface area (Å²) in [6.45, 7) is 1.15. The molecule has 0 aliphatic carbocycles. The van der Waals surface area contributed by atoms with Gasteiger partial charge in [0.2, 0.25) is 0 Å². The van der Waals surface area contributed by atoms with Crippen LogP contribution in [-0.4, -0.2) is 37.1 Å². The molecule has 0 aromatic heterocycles. The van der Waals surface area contributed by atoms with Crippen LogP contribution in [0.25, 0.3) is 0 Å². The maximum atomic E-state index is 13.6.